The van der Waals surface area contributed by atoms with Gasteiger partial charge in [0.15, 0.2) is 0 Å². The molecule has 2 heteroatoms. The Kier molecular flexibility index (Phi) is 1.14. The first-order valence-corrected chi connectivity index (χ1v) is 3.47. The maximum Gasteiger partial charge on any atom is 0.0425 e. The van der Waals surface area contributed by atoms with Gasteiger partial charge < -0.3 is 10.7 Å². The SMILES string of the molecule is NC1CC=Cc2[nH]ccc21. The summed E-state index contributed by atoms with van der Waals surface area (Å²) >= 11 is 0. The van der Waals surface area contributed by atoms with E-state index in [-0.39, 0.29) is 6.04 Å². The average molecular weight is 134 g/mol. The van der Waals surface area contributed by atoms with Gasteiger partial charge in [-0.05, 0) is 24.1 Å². The highest BCUT2D eigenvalue weighted by molar-refractivity contribution is 5.53. The summed E-state index contributed by atoms with van der Waals surface area (Å²) < 4.78 is 0. The number of rotatable bonds is 0. The van der Waals surface area contributed by atoms with Gasteiger partial charge in [-0.25, -0.2) is 0 Å². The van der Waals surface area contributed by atoms with Crippen LogP contribution in [0.3, 0.4) is 0 Å². The third kappa shape index (κ3) is 0.693. The smallest absolute Gasteiger partial charge is 0.0425 e. The number of hydrogen-bond acceptors (Lipinski definition) is 1. The fraction of sp³-hybridized carbons (Fsp3) is 0.250. The normalized spacial score (nSPS) is 22.7. The van der Waals surface area contributed by atoms with E-state index in [1.54, 1.807) is 0 Å². The molecule has 1 aromatic heterocycles. The molecule has 0 spiro atoms. The predicted molar refractivity (Wildman–Crippen MR) is 41.4 cm³/mol. The molecule has 10 heavy (non-hydrogen) atoms. The Morgan fingerprint density at radius 3 is 3.30 bits per heavy atom. The van der Waals surface area contributed by atoms with Gasteiger partial charge in [0.1, 0.15) is 0 Å². The molecule has 1 aliphatic carbocycles. The van der Waals surface area contributed by atoms with Crippen molar-refractivity contribution in [2.75, 3.05) is 0 Å². The Morgan fingerprint density at radius 2 is 2.50 bits per heavy atom. The molecule has 2 rings (SSSR count). The van der Waals surface area contributed by atoms with Crippen LogP contribution in [0.25, 0.3) is 6.08 Å². The number of nitrogens with one attached hydrogen (secondary N) is 1. The Bertz CT molecular complexity index is 260. The number of H-pyrrole nitrogens is 1. The van der Waals surface area contributed by atoms with Crippen molar-refractivity contribution in [3.8, 4) is 0 Å². The van der Waals surface area contributed by atoms with Crippen LogP contribution in [-0.2, 0) is 0 Å². The van der Waals surface area contributed by atoms with Gasteiger partial charge in [0.2, 0.25) is 0 Å². The van der Waals surface area contributed by atoms with E-state index in [1.165, 1.54) is 11.3 Å². The molecule has 0 saturated carbocycles. The Hall–Kier alpha value is -1.02. The van der Waals surface area contributed by atoms with Crippen molar-refractivity contribution in [3.05, 3.63) is 29.6 Å². The lowest BCUT2D eigenvalue weighted by Gasteiger charge is -2.12. The van der Waals surface area contributed by atoms with Crippen LogP contribution in [0.2, 0.25) is 0 Å². The third-order valence-corrected chi connectivity index (χ3v) is 1.89. The van der Waals surface area contributed by atoms with Crippen LogP contribution < -0.4 is 5.73 Å². The molecule has 3 N–H and O–H groups in total. The van der Waals surface area contributed by atoms with Gasteiger partial charge in [0, 0.05) is 17.9 Å². The van der Waals surface area contributed by atoms with Gasteiger partial charge in [-0.2, -0.15) is 0 Å². The summed E-state index contributed by atoms with van der Waals surface area (Å²) in [5.41, 5.74) is 8.22. The van der Waals surface area contributed by atoms with Crippen LogP contribution >= 0.6 is 0 Å². The lowest BCUT2D eigenvalue weighted by Crippen LogP contribution is -2.11. The molecule has 1 heterocycles. The fourth-order valence-electron chi connectivity index (χ4n) is 1.32. The summed E-state index contributed by atoms with van der Waals surface area (Å²) in [4.78, 5) is 3.12. The van der Waals surface area contributed by atoms with Crippen molar-refractivity contribution in [2.24, 2.45) is 5.73 Å². The second-order valence-corrected chi connectivity index (χ2v) is 2.59. The molecule has 0 saturated heterocycles. The topological polar surface area (TPSA) is 41.8 Å². The number of aromatic nitrogens is 1. The lowest BCUT2D eigenvalue weighted by molar-refractivity contribution is 0.733. The highest BCUT2D eigenvalue weighted by Crippen LogP contribution is 2.23. The average Bonchev–Trinajstić information content (AvgIpc) is 2.36. The number of hydrogen-bond donors (Lipinski definition) is 2. The van der Waals surface area contributed by atoms with Crippen LogP contribution in [0, 0.1) is 0 Å². The first-order valence-electron chi connectivity index (χ1n) is 3.47. The Morgan fingerprint density at radius 1 is 1.60 bits per heavy atom. The van der Waals surface area contributed by atoms with Gasteiger partial charge in [-0.15, -0.1) is 0 Å². The zero-order valence-electron chi connectivity index (χ0n) is 5.67. The predicted octanol–water partition coefficient (Wildman–Crippen LogP) is 1.43. The highest BCUT2D eigenvalue weighted by Gasteiger charge is 2.11. The first kappa shape index (κ1) is 5.74. The molecule has 1 atom stereocenters. The van der Waals surface area contributed by atoms with E-state index >= 15 is 0 Å². The van der Waals surface area contributed by atoms with Crippen molar-refractivity contribution in [3.63, 3.8) is 0 Å². The molecule has 0 bridgehead atoms. The van der Waals surface area contributed by atoms with Gasteiger partial charge >= 0.3 is 0 Å². The standard InChI is InChI=1S/C8H10N2/c9-7-2-1-3-8-6(7)4-5-10-8/h1,3-5,7,10H,2,9H2. The summed E-state index contributed by atoms with van der Waals surface area (Å²) in [6, 6.07) is 2.25. The molecule has 0 aromatic carbocycles. The summed E-state index contributed by atoms with van der Waals surface area (Å²) in [6.07, 6.45) is 7.08. The fourth-order valence-corrected chi connectivity index (χ4v) is 1.32. The number of aromatic amines is 1. The maximum atomic E-state index is 5.82. The largest absolute Gasteiger partial charge is 0.361 e. The van der Waals surface area contributed by atoms with Gasteiger partial charge in [-0.1, -0.05) is 6.08 Å². The van der Waals surface area contributed by atoms with Gasteiger partial charge in [0.25, 0.3) is 0 Å². The molecule has 0 fully saturated rings. The van der Waals surface area contributed by atoms with Crippen molar-refractivity contribution in [1.29, 1.82) is 0 Å². The minimum absolute atomic E-state index is 0.200. The maximum absolute atomic E-state index is 5.82. The second kappa shape index (κ2) is 1.99. The van der Waals surface area contributed by atoms with E-state index in [1.807, 2.05) is 12.3 Å². The zero-order chi connectivity index (χ0) is 6.97. The van der Waals surface area contributed by atoms with Gasteiger partial charge in [0.05, 0.1) is 0 Å². The van der Waals surface area contributed by atoms with Crippen molar-refractivity contribution < 1.29 is 0 Å². The molecule has 0 radical (unpaired) electrons. The minimum atomic E-state index is 0.200. The van der Waals surface area contributed by atoms with E-state index < -0.39 is 0 Å². The summed E-state index contributed by atoms with van der Waals surface area (Å²) in [5.74, 6) is 0. The molecule has 0 aliphatic heterocycles. The van der Waals surface area contributed by atoms with E-state index in [9.17, 15) is 0 Å². The molecular weight excluding hydrogens is 124 g/mol. The van der Waals surface area contributed by atoms with E-state index in [0.29, 0.717) is 0 Å². The van der Waals surface area contributed by atoms with Crippen LogP contribution in [0.1, 0.15) is 23.7 Å². The van der Waals surface area contributed by atoms with Crippen LogP contribution in [-0.4, -0.2) is 4.98 Å². The van der Waals surface area contributed by atoms with Crippen molar-refractivity contribution in [1.82, 2.24) is 4.98 Å². The number of fused-ring (bicyclic) bond motifs is 1. The molecular formula is C8H10N2. The molecule has 2 nitrogen and oxygen atoms in total. The Balaban J connectivity index is 2.52. The van der Waals surface area contributed by atoms with Crippen molar-refractivity contribution >= 4 is 6.08 Å². The van der Waals surface area contributed by atoms with Crippen molar-refractivity contribution in [2.45, 2.75) is 12.5 Å². The first-order chi connectivity index (χ1) is 4.88. The molecule has 1 aromatic rings. The zero-order valence-corrected chi connectivity index (χ0v) is 5.67. The lowest BCUT2D eigenvalue weighted by atomic mass is 10.00. The summed E-state index contributed by atoms with van der Waals surface area (Å²) in [6.45, 7) is 0. The van der Waals surface area contributed by atoms with Crippen LogP contribution in [0.15, 0.2) is 18.3 Å². The summed E-state index contributed by atoms with van der Waals surface area (Å²) in [7, 11) is 0. The van der Waals surface area contributed by atoms with Gasteiger partial charge in [-0.3, -0.25) is 0 Å². The monoisotopic (exact) mass is 134 g/mol. The van der Waals surface area contributed by atoms with Crippen LogP contribution in [0.4, 0.5) is 0 Å². The molecule has 1 aliphatic rings. The Labute approximate surface area is 59.7 Å². The third-order valence-electron chi connectivity index (χ3n) is 1.89. The number of nitrogens with two attached hydrogens (primary N) is 1. The molecule has 1 unspecified atom stereocenters. The van der Waals surface area contributed by atoms with Crippen LogP contribution in [0.5, 0.6) is 0 Å². The minimum Gasteiger partial charge on any atom is -0.361 e. The highest BCUT2D eigenvalue weighted by atomic mass is 14.7. The second-order valence-electron chi connectivity index (χ2n) is 2.59. The van der Waals surface area contributed by atoms with E-state index in [2.05, 4.69) is 17.1 Å². The van der Waals surface area contributed by atoms with E-state index in [4.69, 9.17) is 5.73 Å². The quantitative estimate of drug-likeness (QED) is 0.553. The van der Waals surface area contributed by atoms with E-state index in [0.717, 1.165) is 6.42 Å². The molecule has 0 amide bonds. The summed E-state index contributed by atoms with van der Waals surface area (Å²) in [5, 5.41) is 0. The molecule has 52 valence electrons.